The SMILES string of the molecule is Cc1ccsc1/C=C/C(=O)OCC(=O)N1c2ccccc2NC(=O)C[C@@H]1C. The summed E-state index contributed by atoms with van der Waals surface area (Å²) in [7, 11) is 0. The summed E-state index contributed by atoms with van der Waals surface area (Å²) in [4.78, 5) is 39.1. The van der Waals surface area contributed by atoms with Gasteiger partial charge < -0.3 is 15.0 Å². The van der Waals surface area contributed by atoms with Gasteiger partial charge in [0.2, 0.25) is 5.91 Å². The van der Waals surface area contributed by atoms with E-state index in [1.807, 2.05) is 18.4 Å². The first-order chi connectivity index (χ1) is 13.0. The van der Waals surface area contributed by atoms with Crippen molar-refractivity contribution in [1.82, 2.24) is 0 Å². The molecule has 1 aromatic heterocycles. The van der Waals surface area contributed by atoms with E-state index in [1.165, 1.54) is 22.3 Å². The fourth-order valence-electron chi connectivity index (χ4n) is 2.92. The summed E-state index contributed by atoms with van der Waals surface area (Å²) in [6, 6.07) is 8.70. The molecule has 0 saturated carbocycles. The van der Waals surface area contributed by atoms with Gasteiger partial charge in [-0.15, -0.1) is 11.3 Å². The Morgan fingerprint density at radius 2 is 2.11 bits per heavy atom. The molecule has 27 heavy (non-hydrogen) atoms. The molecule has 0 fully saturated rings. The van der Waals surface area contributed by atoms with Crippen LogP contribution in [0, 0.1) is 6.92 Å². The van der Waals surface area contributed by atoms with Crippen LogP contribution in [0.15, 0.2) is 41.8 Å². The van der Waals surface area contributed by atoms with Crippen LogP contribution in [0.5, 0.6) is 0 Å². The van der Waals surface area contributed by atoms with Gasteiger partial charge in [-0.05, 0) is 49.1 Å². The van der Waals surface area contributed by atoms with Gasteiger partial charge in [-0.3, -0.25) is 9.59 Å². The van der Waals surface area contributed by atoms with E-state index in [1.54, 1.807) is 37.3 Å². The zero-order chi connectivity index (χ0) is 19.4. The molecule has 140 valence electrons. The van der Waals surface area contributed by atoms with E-state index >= 15 is 0 Å². The van der Waals surface area contributed by atoms with Crippen molar-refractivity contribution in [3.05, 3.63) is 52.2 Å². The molecule has 0 unspecified atom stereocenters. The van der Waals surface area contributed by atoms with E-state index in [2.05, 4.69) is 5.32 Å². The van der Waals surface area contributed by atoms with Gasteiger partial charge in [-0.25, -0.2) is 4.79 Å². The van der Waals surface area contributed by atoms with Crippen LogP contribution in [-0.2, 0) is 19.1 Å². The predicted octanol–water partition coefficient (Wildman–Crippen LogP) is 3.38. The van der Waals surface area contributed by atoms with Crippen molar-refractivity contribution in [2.75, 3.05) is 16.8 Å². The summed E-state index contributed by atoms with van der Waals surface area (Å²) in [6.45, 7) is 3.36. The molecule has 0 aliphatic carbocycles. The maximum atomic E-state index is 12.7. The lowest BCUT2D eigenvalue weighted by Crippen LogP contribution is -2.41. The maximum Gasteiger partial charge on any atom is 0.331 e. The number of esters is 1. The summed E-state index contributed by atoms with van der Waals surface area (Å²) in [5, 5.41) is 4.73. The van der Waals surface area contributed by atoms with Crippen LogP contribution in [0.2, 0.25) is 0 Å². The average molecular weight is 384 g/mol. The molecule has 2 amide bonds. The summed E-state index contributed by atoms with van der Waals surface area (Å²) in [5.41, 5.74) is 2.24. The first-order valence-electron chi connectivity index (χ1n) is 8.55. The highest BCUT2D eigenvalue weighted by Crippen LogP contribution is 2.31. The van der Waals surface area contributed by atoms with E-state index in [0.717, 1.165) is 10.4 Å². The molecular weight excluding hydrogens is 364 g/mol. The van der Waals surface area contributed by atoms with Crippen LogP contribution in [0.3, 0.4) is 0 Å². The minimum absolute atomic E-state index is 0.156. The number of hydrogen-bond donors (Lipinski definition) is 1. The van der Waals surface area contributed by atoms with Crippen LogP contribution in [0.1, 0.15) is 23.8 Å². The smallest absolute Gasteiger partial charge is 0.331 e. The third-order valence-corrected chi connectivity index (χ3v) is 5.22. The van der Waals surface area contributed by atoms with Crippen molar-refractivity contribution in [3.8, 4) is 0 Å². The van der Waals surface area contributed by atoms with Crippen molar-refractivity contribution in [1.29, 1.82) is 0 Å². The highest BCUT2D eigenvalue weighted by Gasteiger charge is 2.29. The number of aryl methyl sites for hydroxylation is 1. The van der Waals surface area contributed by atoms with E-state index in [0.29, 0.717) is 11.4 Å². The van der Waals surface area contributed by atoms with Crippen molar-refractivity contribution in [2.24, 2.45) is 0 Å². The molecule has 1 aliphatic heterocycles. The molecule has 2 heterocycles. The molecule has 0 radical (unpaired) electrons. The number of rotatable bonds is 4. The highest BCUT2D eigenvalue weighted by atomic mass is 32.1. The molecular formula is C20H20N2O4S. The van der Waals surface area contributed by atoms with Crippen molar-refractivity contribution in [2.45, 2.75) is 26.3 Å². The number of ether oxygens (including phenoxy) is 1. The number of carbonyl (C=O) groups excluding carboxylic acids is 3. The number of amides is 2. The molecule has 2 aromatic rings. The van der Waals surface area contributed by atoms with Crippen LogP contribution in [-0.4, -0.2) is 30.4 Å². The molecule has 7 heteroatoms. The van der Waals surface area contributed by atoms with Crippen molar-refractivity contribution in [3.63, 3.8) is 0 Å². The molecule has 1 N–H and O–H groups in total. The number of anilines is 2. The topological polar surface area (TPSA) is 75.7 Å². The maximum absolute atomic E-state index is 12.7. The monoisotopic (exact) mass is 384 g/mol. The van der Waals surface area contributed by atoms with Crippen molar-refractivity contribution >= 4 is 46.6 Å². The number of fused-ring (bicyclic) bond motifs is 1. The quantitative estimate of drug-likeness (QED) is 0.648. The lowest BCUT2D eigenvalue weighted by molar-refractivity contribution is -0.143. The summed E-state index contributed by atoms with van der Waals surface area (Å²) in [6.07, 6.45) is 3.17. The molecule has 1 aromatic carbocycles. The molecule has 1 atom stereocenters. The van der Waals surface area contributed by atoms with E-state index in [4.69, 9.17) is 4.74 Å². The normalized spacial score (nSPS) is 16.6. The number of thiophene rings is 1. The van der Waals surface area contributed by atoms with Crippen LogP contribution >= 0.6 is 11.3 Å². The molecule has 0 spiro atoms. The Morgan fingerprint density at radius 1 is 1.33 bits per heavy atom. The number of hydrogen-bond acceptors (Lipinski definition) is 5. The van der Waals surface area contributed by atoms with Gasteiger partial charge in [0, 0.05) is 23.4 Å². The van der Waals surface area contributed by atoms with Gasteiger partial charge in [-0.2, -0.15) is 0 Å². The van der Waals surface area contributed by atoms with Gasteiger partial charge in [0.1, 0.15) is 0 Å². The summed E-state index contributed by atoms with van der Waals surface area (Å²) in [5.74, 6) is -1.11. The molecule has 0 bridgehead atoms. The molecule has 0 saturated heterocycles. The summed E-state index contributed by atoms with van der Waals surface area (Å²) < 4.78 is 5.11. The Labute approximate surface area is 161 Å². The van der Waals surface area contributed by atoms with Gasteiger partial charge in [-0.1, -0.05) is 12.1 Å². The zero-order valence-electron chi connectivity index (χ0n) is 15.1. The van der Waals surface area contributed by atoms with E-state index in [9.17, 15) is 14.4 Å². The largest absolute Gasteiger partial charge is 0.452 e. The molecule has 6 nitrogen and oxygen atoms in total. The average Bonchev–Trinajstić information content (AvgIpc) is 2.98. The number of para-hydroxylation sites is 2. The predicted molar refractivity (Wildman–Crippen MR) is 106 cm³/mol. The van der Waals surface area contributed by atoms with Gasteiger partial charge >= 0.3 is 5.97 Å². The number of benzene rings is 1. The Kier molecular flexibility index (Phi) is 5.71. The second kappa shape index (κ2) is 8.18. The minimum atomic E-state index is -0.582. The number of nitrogens with one attached hydrogen (secondary N) is 1. The lowest BCUT2D eigenvalue weighted by Gasteiger charge is -2.27. The Balaban J connectivity index is 1.68. The Morgan fingerprint density at radius 3 is 2.85 bits per heavy atom. The third-order valence-electron chi connectivity index (χ3n) is 4.24. The second-order valence-electron chi connectivity index (χ2n) is 6.29. The van der Waals surface area contributed by atoms with Gasteiger partial charge in [0.25, 0.3) is 5.91 Å². The van der Waals surface area contributed by atoms with Crippen LogP contribution in [0.25, 0.3) is 6.08 Å². The van der Waals surface area contributed by atoms with Gasteiger partial charge in [0.15, 0.2) is 6.61 Å². The highest BCUT2D eigenvalue weighted by molar-refractivity contribution is 7.11. The first-order valence-corrected chi connectivity index (χ1v) is 9.43. The second-order valence-corrected chi connectivity index (χ2v) is 7.24. The lowest BCUT2D eigenvalue weighted by atomic mass is 10.1. The number of carbonyl (C=O) groups is 3. The minimum Gasteiger partial charge on any atom is -0.452 e. The standard InChI is InChI=1S/C20H20N2O4S/c1-13-9-10-27-17(13)7-8-20(25)26-12-19(24)22-14(2)11-18(23)21-15-5-3-4-6-16(15)22/h3-10,14H,11-12H2,1-2H3,(H,21,23)/b8-7+/t14-/m0/s1. The van der Waals surface area contributed by atoms with E-state index < -0.39 is 5.97 Å². The van der Waals surface area contributed by atoms with E-state index in [-0.39, 0.29) is 30.9 Å². The number of nitrogens with zero attached hydrogens (tertiary/aromatic N) is 1. The summed E-state index contributed by atoms with van der Waals surface area (Å²) >= 11 is 1.53. The zero-order valence-corrected chi connectivity index (χ0v) is 15.9. The Bertz CT molecular complexity index is 903. The molecule has 3 rings (SSSR count). The van der Waals surface area contributed by atoms with Gasteiger partial charge in [0.05, 0.1) is 11.4 Å². The van der Waals surface area contributed by atoms with Crippen LogP contribution in [0.4, 0.5) is 11.4 Å². The first kappa shape index (κ1) is 18.8. The fourth-order valence-corrected chi connectivity index (χ4v) is 3.74. The van der Waals surface area contributed by atoms with Crippen molar-refractivity contribution < 1.29 is 19.1 Å². The Hall–Kier alpha value is -2.93. The molecule has 1 aliphatic rings. The third kappa shape index (κ3) is 4.43. The fraction of sp³-hybridized carbons (Fsp3) is 0.250. The van der Waals surface area contributed by atoms with Crippen LogP contribution < -0.4 is 10.2 Å².